The van der Waals surface area contributed by atoms with Gasteiger partial charge < -0.3 is 15.2 Å². The van der Waals surface area contributed by atoms with Crippen molar-refractivity contribution in [2.45, 2.75) is 5.75 Å². The number of sulfone groups is 1. The van der Waals surface area contributed by atoms with Crippen LogP contribution in [0.15, 0.2) is 23.1 Å². The molecule has 162 valence electrons. The van der Waals surface area contributed by atoms with Crippen LogP contribution in [0.5, 0.6) is 11.5 Å². The van der Waals surface area contributed by atoms with E-state index in [1.807, 2.05) is 0 Å². The number of hydrogen-bond donors (Lipinski definition) is 1. The van der Waals surface area contributed by atoms with E-state index >= 15 is 0 Å². The van der Waals surface area contributed by atoms with Gasteiger partial charge in [0.25, 0.3) is 5.91 Å². The Hall–Kier alpha value is -3.15. The molecule has 0 saturated carbocycles. The molecule has 1 amide bonds. The van der Waals surface area contributed by atoms with Crippen LogP contribution in [0.4, 0.5) is 22.0 Å². The van der Waals surface area contributed by atoms with Gasteiger partial charge in [-0.05, 0) is 23.8 Å². The number of primary amides is 1. The van der Waals surface area contributed by atoms with Crippen molar-refractivity contribution in [2.24, 2.45) is 5.73 Å². The molecule has 0 unspecified atom stereocenters. The number of halogens is 5. The van der Waals surface area contributed by atoms with Crippen molar-refractivity contribution in [2.75, 3.05) is 14.2 Å². The van der Waals surface area contributed by atoms with Crippen LogP contribution >= 0.6 is 0 Å². The van der Waals surface area contributed by atoms with Gasteiger partial charge in [-0.2, -0.15) is 0 Å². The molecule has 0 radical (unpaired) electrons. The first-order valence-corrected chi connectivity index (χ1v) is 9.56. The molecule has 12 heteroatoms. The van der Waals surface area contributed by atoms with Gasteiger partial charge in [-0.15, -0.1) is 0 Å². The summed E-state index contributed by atoms with van der Waals surface area (Å²) in [6.45, 7) is 0. The maximum absolute atomic E-state index is 13.9. The normalized spacial score (nSPS) is 12.0. The Balaban J connectivity index is 2.60. The molecule has 2 N–H and O–H groups in total. The highest BCUT2D eigenvalue weighted by Gasteiger charge is 2.29. The van der Waals surface area contributed by atoms with Crippen molar-refractivity contribution in [1.29, 1.82) is 0 Å². The van der Waals surface area contributed by atoms with Gasteiger partial charge in [-0.3, -0.25) is 4.79 Å². The zero-order chi connectivity index (χ0) is 22.8. The highest BCUT2D eigenvalue weighted by Crippen LogP contribution is 2.30. The molecule has 0 heterocycles. The molecule has 0 fully saturated rings. The number of carbonyl (C=O) groups excluding carboxylic acids is 1. The molecular formula is C18H14F5NO5S. The lowest BCUT2D eigenvalue weighted by atomic mass is 10.1. The molecular weight excluding hydrogens is 437 g/mol. The van der Waals surface area contributed by atoms with E-state index in [-0.39, 0.29) is 23.1 Å². The summed E-state index contributed by atoms with van der Waals surface area (Å²) in [5, 5.41) is 0. The maximum atomic E-state index is 13.9. The van der Waals surface area contributed by atoms with Crippen LogP contribution in [0.2, 0.25) is 0 Å². The van der Waals surface area contributed by atoms with Crippen LogP contribution < -0.4 is 15.2 Å². The molecule has 30 heavy (non-hydrogen) atoms. The first-order valence-electron chi connectivity index (χ1n) is 7.91. The molecule has 0 saturated heterocycles. The summed E-state index contributed by atoms with van der Waals surface area (Å²) in [4.78, 5) is 10.3. The van der Waals surface area contributed by atoms with E-state index in [0.717, 1.165) is 0 Å². The minimum Gasteiger partial charge on any atom is -0.493 e. The van der Waals surface area contributed by atoms with Crippen molar-refractivity contribution in [3.05, 3.63) is 63.3 Å². The Morgan fingerprint density at radius 2 is 1.43 bits per heavy atom. The second-order valence-electron chi connectivity index (χ2n) is 5.80. The zero-order valence-electron chi connectivity index (χ0n) is 15.4. The van der Waals surface area contributed by atoms with E-state index in [1.54, 1.807) is 0 Å². The average molecular weight is 451 g/mol. The number of rotatable bonds is 7. The molecule has 0 aliphatic rings. The first kappa shape index (κ1) is 23.1. The Kier molecular flexibility index (Phi) is 6.70. The van der Waals surface area contributed by atoms with Crippen LogP contribution in [0.3, 0.4) is 0 Å². The molecule has 0 bridgehead atoms. The molecule has 0 atom stereocenters. The number of hydrogen-bond acceptors (Lipinski definition) is 5. The second-order valence-corrected chi connectivity index (χ2v) is 7.76. The number of amides is 1. The average Bonchev–Trinajstić information content (AvgIpc) is 2.69. The third-order valence-electron chi connectivity index (χ3n) is 3.90. The third kappa shape index (κ3) is 4.37. The largest absolute Gasteiger partial charge is 0.493 e. The zero-order valence-corrected chi connectivity index (χ0v) is 16.2. The van der Waals surface area contributed by atoms with Crippen molar-refractivity contribution < 1.29 is 44.6 Å². The predicted octanol–water partition coefficient (Wildman–Crippen LogP) is 2.84. The lowest BCUT2D eigenvalue weighted by molar-refractivity contribution is -0.113. The quantitative estimate of drug-likeness (QED) is 0.302. The van der Waals surface area contributed by atoms with Gasteiger partial charge in [-0.1, -0.05) is 6.07 Å². The number of nitrogens with two attached hydrogens (primary N) is 1. The lowest BCUT2D eigenvalue weighted by Gasteiger charge is -2.11. The topological polar surface area (TPSA) is 95.7 Å². The number of carbonyl (C=O) groups is 1. The summed E-state index contributed by atoms with van der Waals surface area (Å²) < 4.78 is 103. The highest BCUT2D eigenvalue weighted by molar-refractivity contribution is 7.95. The van der Waals surface area contributed by atoms with Crippen molar-refractivity contribution in [3.63, 3.8) is 0 Å². The van der Waals surface area contributed by atoms with Gasteiger partial charge >= 0.3 is 0 Å². The molecule has 0 spiro atoms. The van der Waals surface area contributed by atoms with Crippen LogP contribution in [0, 0.1) is 29.1 Å². The van der Waals surface area contributed by atoms with E-state index in [9.17, 15) is 35.2 Å². The number of methoxy groups -OCH3 is 2. The molecule has 2 aromatic rings. The first-order chi connectivity index (χ1) is 13.9. The molecule has 2 rings (SSSR count). The van der Waals surface area contributed by atoms with Gasteiger partial charge in [0, 0.05) is 0 Å². The minimum atomic E-state index is -4.67. The SMILES string of the molecule is COc1ccc(CS(=O)(=O)C(=Cc2c(F)c(F)c(F)c(F)c2F)C(N)=O)cc1OC. The van der Waals surface area contributed by atoms with Gasteiger partial charge in [0.2, 0.25) is 5.82 Å². The third-order valence-corrected chi connectivity index (χ3v) is 5.60. The van der Waals surface area contributed by atoms with Crippen molar-refractivity contribution in [1.82, 2.24) is 0 Å². The van der Waals surface area contributed by atoms with Crippen molar-refractivity contribution >= 4 is 21.8 Å². The van der Waals surface area contributed by atoms with Gasteiger partial charge in [0.1, 0.15) is 4.91 Å². The van der Waals surface area contributed by atoms with E-state index in [4.69, 9.17) is 15.2 Å². The summed E-state index contributed by atoms with van der Waals surface area (Å²) in [6.07, 6.45) is 0.00862. The number of benzene rings is 2. The van der Waals surface area contributed by atoms with E-state index < -0.39 is 61.1 Å². The summed E-state index contributed by atoms with van der Waals surface area (Å²) in [5.41, 5.74) is 3.45. The van der Waals surface area contributed by atoms with Gasteiger partial charge in [0.15, 0.2) is 44.6 Å². The Labute approximate surface area is 167 Å². The smallest absolute Gasteiger partial charge is 0.260 e. The molecule has 0 aromatic heterocycles. The van der Waals surface area contributed by atoms with Crippen LogP contribution in [0.25, 0.3) is 6.08 Å². The standard InChI is InChI=1S/C18H14F5NO5S/c1-28-10-4-3-8(5-11(10)29-2)7-30(26,27)12(18(24)25)6-9-13(19)15(21)17(23)16(22)14(9)20/h3-6H,7H2,1-2H3,(H2,24,25). The van der Waals surface area contributed by atoms with E-state index in [1.165, 1.54) is 32.4 Å². The Morgan fingerprint density at radius 1 is 0.933 bits per heavy atom. The van der Waals surface area contributed by atoms with Crippen LogP contribution in [0.1, 0.15) is 11.1 Å². The summed E-state index contributed by atoms with van der Waals surface area (Å²) >= 11 is 0. The van der Waals surface area contributed by atoms with Crippen molar-refractivity contribution in [3.8, 4) is 11.5 Å². The predicted molar refractivity (Wildman–Crippen MR) is 95.6 cm³/mol. The Bertz CT molecular complexity index is 1120. The fourth-order valence-corrected chi connectivity index (χ4v) is 3.84. The van der Waals surface area contributed by atoms with E-state index in [2.05, 4.69) is 0 Å². The molecule has 0 aliphatic heterocycles. The molecule has 0 aliphatic carbocycles. The lowest BCUT2D eigenvalue weighted by Crippen LogP contribution is -2.22. The monoisotopic (exact) mass is 451 g/mol. The van der Waals surface area contributed by atoms with Crippen LogP contribution in [-0.2, 0) is 20.4 Å². The van der Waals surface area contributed by atoms with E-state index in [0.29, 0.717) is 0 Å². The van der Waals surface area contributed by atoms with Gasteiger partial charge in [0.05, 0.1) is 25.5 Å². The number of ether oxygens (including phenoxy) is 2. The summed E-state index contributed by atoms with van der Waals surface area (Å²) in [7, 11) is -2.04. The fraction of sp³-hybridized carbons (Fsp3) is 0.167. The highest BCUT2D eigenvalue weighted by atomic mass is 32.2. The minimum absolute atomic E-state index is 0.00862. The summed E-state index contributed by atoms with van der Waals surface area (Å²) in [6, 6.07) is 3.92. The van der Waals surface area contributed by atoms with Gasteiger partial charge in [-0.25, -0.2) is 30.4 Å². The fourth-order valence-electron chi connectivity index (χ4n) is 2.46. The maximum Gasteiger partial charge on any atom is 0.260 e. The second kappa shape index (κ2) is 8.69. The summed E-state index contributed by atoms with van der Waals surface area (Å²) in [5.74, 6) is -13.8. The van der Waals surface area contributed by atoms with Crippen LogP contribution in [-0.4, -0.2) is 28.5 Å². The Morgan fingerprint density at radius 3 is 1.90 bits per heavy atom. The molecule has 6 nitrogen and oxygen atoms in total. The molecule has 2 aromatic carbocycles.